The minimum atomic E-state index is -1.62. The molecular formula is C19H28N2O9. The van der Waals surface area contributed by atoms with E-state index in [0.717, 1.165) is 0 Å². The largest absolute Gasteiger partial charge is 0.534 e. The number of imide groups is 1. The number of aliphatic hydroxyl groups is 1. The van der Waals surface area contributed by atoms with E-state index in [-0.39, 0.29) is 45.3 Å². The highest BCUT2D eigenvalue weighted by atomic mass is 16.8. The lowest BCUT2D eigenvalue weighted by atomic mass is 9.87. The minimum Gasteiger partial charge on any atom is -0.425 e. The lowest BCUT2D eigenvalue weighted by molar-refractivity contribution is -0.178. The van der Waals surface area contributed by atoms with Gasteiger partial charge < -0.3 is 24.6 Å². The normalized spacial score (nSPS) is 25.4. The lowest BCUT2D eigenvalue weighted by Gasteiger charge is -2.29. The number of ether oxygens (including phenoxy) is 3. The fourth-order valence-corrected chi connectivity index (χ4v) is 3.02. The maximum absolute atomic E-state index is 12.4. The molecule has 0 aromatic heterocycles. The summed E-state index contributed by atoms with van der Waals surface area (Å²) in [5.41, 5.74) is -1.62. The van der Waals surface area contributed by atoms with E-state index >= 15 is 0 Å². The molecule has 1 aliphatic heterocycles. The second-order valence-electron chi connectivity index (χ2n) is 6.98. The Balaban J connectivity index is 1.80. The van der Waals surface area contributed by atoms with Crippen LogP contribution in [0.1, 0.15) is 38.5 Å². The van der Waals surface area contributed by atoms with Gasteiger partial charge in [-0.3, -0.25) is 19.2 Å². The molecule has 0 bridgehead atoms. The average Bonchev–Trinajstić information content (AvgIpc) is 3.02. The van der Waals surface area contributed by atoms with E-state index in [1.165, 1.54) is 0 Å². The molecule has 11 heteroatoms. The summed E-state index contributed by atoms with van der Waals surface area (Å²) in [4.78, 5) is 52.0. The fourth-order valence-electron chi connectivity index (χ4n) is 3.02. The Labute approximate surface area is 174 Å². The Hall–Kier alpha value is -2.50. The molecule has 11 nitrogen and oxygen atoms in total. The van der Waals surface area contributed by atoms with Crippen LogP contribution in [0.2, 0.25) is 0 Å². The van der Waals surface area contributed by atoms with Crippen LogP contribution in [0.5, 0.6) is 0 Å². The molecule has 0 aromatic carbocycles. The molecule has 0 aromatic rings. The highest BCUT2D eigenvalue weighted by Gasteiger charge is 2.37. The predicted molar refractivity (Wildman–Crippen MR) is 101 cm³/mol. The van der Waals surface area contributed by atoms with Crippen molar-refractivity contribution in [3.63, 3.8) is 0 Å². The van der Waals surface area contributed by atoms with Gasteiger partial charge in [-0.1, -0.05) is 11.1 Å². The predicted octanol–water partition coefficient (Wildman–Crippen LogP) is 0.213. The van der Waals surface area contributed by atoms with Crippen molar-refractivity contribution in [3.8, 4) is 0 Å². The van der Waals surface area contributed by atoms with Crippen LogP contribution >= 0.6 is 0 Å². The summed E-state index contributed by atoms with van der Waals surface area (Å²) in [7, 11) is 1.56. The van der Waals surface area contributed by atoms with E-state index < -0.39 is 35.6 Å². The number of allylic oxidation sites excluding steroid dienone is 1. The van der Waals surface area contributed by atoms with Crippen LogP contribution in [0.4, 0.5) is 4.79 Å². The van der Waals surface area contributed by atoms with Gasteiger partial charge in [0.1, 0.15) is 11.7 Å². The third-order valence-electron chi connectivity index (χ3n) is 4.72. The Bertz CT molecular complexity index is 650. The first kappa shape index (κ1) is 23.8. The van der Waals surface area contributed by atoms with E-state index in [0.29, 0.717) is 24.7 Å². The van der Waals surface area contributed by atoms with Gasteiger partial charge in [0.2, 0.25) is 0 Å². The topological polar surface area (TPSA) is 141 Å². The monoisotopic (exact) mass is 428 g/mol. The standard InChI is InChI=1S/C19H28N2O9/c1-27-12-13-28-11-10-20-17(24)19(26)8-3-2-4-14(7-9-19)29-18(25)30-21-15(22)5-6-16(21)23/h2,4,14,26H,3,5-13H2,1H3,(H,20,24)/b4-2+/t14-,19-/m0/s1. The summed E-state index contributed by atoms with van der Waals surface area (Å²) in [6.07, 6.45) is 2.11. The molecule has 1 aliphatic carbocycles. The van der Waals surface area contributed by atoms with Crippen molar-refractivity contribution in [1.29, 1.82) is 0 Å². The Morgan fingerprint density at radius 1 is 1.20 bits per heavy atom. The first-order valence-corrected chi connectivity index (χ1v) is 9.84. The zero-order valence-corrected chi connectivity index (χ0v) is 17.0. The number of rotatable bonds is 9. The summed E-state index contributed by atoms with van der Waals surface area (Å²) in [6, 6.07) is 0. The number of hydrogen-bond acceptors (Lipinski definition) is 9. The lowest BCUT2D eigenvalue weighted by Crippen LogP contribution is -2.48. The highest BCUT2D eigenvalue weighted by Crippen LogP contribution is 2.25. The zero-order valence-electron chi connectivity index (χ0n) is 17.0. The molecule has 3 amide bonds. The second kappa shape index (κ2) is 11.6. The van der Waals surface area contributed by atoms with Crippen LogP contribution in [0, 0.1) is 0 Å². The highest BCUT2D eigenvalue weighted by molar-refractivity contribution is 6.01. The van der Waals surface area contributed by atoms with Crippen molar-refractivity contribution in [3.05, 3.63) is 12.2 Å². The molecule has 2 atom stereocenters. The van der Waals surface area contributed by atoms with Crippen molar-refractivity contribution in [2.45, 2.75) is 50.2 Å². The summed E-state index contributed by atoms with van der Waals surface area (Å²) in [5, 5.41) is 13.8. The molecule has 0 unspecified atom stereocenters. The molecule has 168 valence electrons. The molecule has 1 saturated heterocycles. The van der Waals surface area contributed by atoms with Gasteiger partial charge in [-0.2, -0.15) is 0 Å². The summed E-state index contributed by atoms with van der Waals surface area (Å²) in [6.45, 7) is 1.39. The van der Waals surface area contributed by atoms with Crippen molar-refractivity contribution >= 4 is 23.9 Å². The third-order valence-corrected chi connectivity index (χ3v) is 4.72. The first-order valence-electron chi connectivity index (χ1n) is 9.84. The maximum Gasteiger partial charge on any atom is 0.534 e. The third kappa shape index (κ3) is 7.08. The molecule has 0 saturated carbocycles. The molecule has 1 heterocycles. The number of hydroxylamine groups is 2. The van der Waals surface area contributed by atoms with E-state index in [2.05, 4.69) is 10.2 Å². The second-order valence-corrected chi connectivity index (χ2v) is 6.98. The van der Waals surface area contributed by atoms with Crippen LogP contribution < -0.4 is 5.32 Å². The molecule has 2 aliphatic rings. The molecule has 0 spiro atoms. The van der Waals surface area contributed by atoms with Crippen LogP contribution in [0.3, 0.4) is 0 Å². The van der Waals surface area contributed by atoms with Gasteiger partial charge in [0, 0.05) is 26.5 Å². The number of methoxy groups -OCH3 is 1. The van der Waals surface area contributed by atoms with Crippen molar-refractivity contribution in [2.24, 2.45) is 0 Å². The number of carbonyl (C=O) groups excluding carboxylic acids is 4. The minimum absolute atomic E-state index is 0.0188. The van der Waals surface area contributed by atoms with Crippen LogP contribution in [-0.4, -0.2) is 79.2 Å². The average molecular weight is 428 g/mol. The van der Waals surface area contributed by atoms with Gasteiger partial charge in [-0.05, 0) is 31.8 Å². The van der Waals surface area contributed by atoms with Gasteiger partial charge in [-0.25, -0.2) is 4.79 Å². The Morgan fingerprint density at radius 2 is 1.93 bits per heavy atom. The van der Waals surface area contributed by atoms with Crippen LogP contribution in [0.15, 0.2) is 12.2 Å². The van der Waals surface area contributed by atoms with Crippen LogP contribution in [-0.2, 0) is 33.4 Å². The van der Waals surface area contributed by atoms with Gasteiger partial charge in [-0.15, -0.1) is 0 Å². The number of hydrogen-bond donors (Lipinski definition) is 2. The van der Waals surface area contributed by atoms with Crippen LogP contribution in [0.25, 0.3) is 0 Å². The molecule has 2 rings (SSSR count). The summed E-state index contributed by atoms with van der Waals surface area (Å²) in [5.74, 6) is -1.74. The molecule has 30 heavy (non-hydrogen) atoms. The molecule has 1 fully saturated rings. The van der Waals surface area contributed by atoms with Gasteiger partial charge in [0.05, 0.1) is 19.8 Å². The Morgan fingerprint density at radius 3 is 2.63 bits per heavy atom. The van der Waals surface area contributed by atoms with Gasteiger partial charge in [0.25, 0.3) is 17.7 Å². The molecule has 2 N–H and O–H groups in total. The number of amides is 3. The maximum atomic E-state index is 12.4. The number of nitrogens with zero attached hydrogens (tertiary/aromatic N) is 1. The smallest absolute Gasteiger partial charge is 0.425 e. The fraction of sp³-hybridized carbons (Fsp3) is 0.684. The van der Waals surface area contributed by atoms with E-state index in [1.807, 2.05) is 0 Å². The summed E-state index contributed by atoms with van der Waals surface area (Å²) >= 11 is 0. The SMILES string of the molecule is COCCOCCNC(=O)[C@]1(O)CC/C=C/[C@H](OC(=O)ON2C(=O)CCC2=O)CC1. The zero-order chi connectivity index (χ0) is 22.0. The number of nitrogens with one attached hydrogen (secondary N) is 1. The number of carbonyl (C=O) groups is 4. The molecule has 0 radical (unpaired) electrons. The van der Waals surface area contributed by atoms with Crippen molar-refractivity contribution in [1.82, 2.24) is 10.4 Å². The van der Waals surface area contributed by atoms with E-state index in [9.17, 15) is 24.3 Å². The van der Waals surface area contributed by atoms with Gasteiger partial charge in [0.15, 0.2) is 0 Å². The first-order chi connectivity index (χ1) is 14.4. The quantitative estimate of drug-likeness (QED) is 0.228. The van der Waals surface area contributed by atoms with Gasteiger partial charge >= 0.3 is 6.16 Å². The van der Waals surface area contributed by atoms with Crippen molar-refractivity contribution in [2.75, 3.05) is 33.5 Å². The van der Waals surface area contributed by atoms with E-state index in [4.69, 9.17) is 14.2 Å². The molecular weight excluding hydrogens is 400 g/mol. The summed E-state index contributed by atoms with van der Waals surface area (Å²) < 4.78 is 15.2. The van der Waals surface area contributed by atoms with Crippen molar-refractivity contribution < 1.29 is 43.3 Å². The Kier molecular flexibility index (Phi) is 9.21. The van der Waals surface area contributed by atoms with E-state index in [1.54, 1.807) is 19.3 Å².